The Balaban J connectivity index is 1.48. The second-order valence-electron chi connectivity index (χ2n) is 7.24. The van der Waals surface area contributed by atoms with Crippen molar-refractivity contribution in [3.05, 3.63) is 47.3 Å². The first-order valence-electron chi connectivity index (χ1n) is 9.13. The van der Waals surface area contributed by atoms with E-state index in [1.807, 2.05) is 19.1 Å². The fraction of sp³-hybridized carbons (Fsp3) is 0.500. The summed E-state index contributed by atoms with van der Waals surface area (Å²) in [6.07, 6.45) is 4.21. The third-order valence-corrected chi connectivity index (χ3v) is 5.50. The van der Waals surface area contributed by atoms with Crippen molar-refractivity contribution in [2.75, 3.05) is 13.7 Å². The van der Waals surface area contributed by atoms with E-state index in [-0.39, 0.29) is 12.0 Å². The van der Waals surface area contributed by atoms with E-state index in [1.165, 1.54) is 5.56 Å². The van der Waals surface area contributed by atoms with Gasteiger partial charge in [-0.15, -0.1) is 0 Å². The van der Waals surface area contributed by atoms with E-state index in [0.29, 0.717) is 11.8 Å². The van der Waals surface area contributed by atoms with Crippen molar-refractivity contribution in [3.8, 4) is 5.75 Å². The van der Waals surface area contributed by atoms with Gasteiger partial charge in [0.25, 0.3) is 0 Å². The molecule has 3 atom stereocenters. The number of hydrogen-bond donors (Lipinski definition) is 1. The molecular formula is C20H25N3O2. The molecule has 1 N–H and O–H groups in total. The van der Waals surface area contributed by atoms with E-state index >= 15 is 0 Å². The zero-order valence-electron chi connectivity index (χ0n) is 14.9. The number of aryl methyl sites for hydroxylation is 1. The van der Waals surface area contributed by atoms with Crippen LogP contribution in [0, 0.1) is 12.8 Å². The Morgan fingerprint density at radius 1 is 1.28 bits per heavy atom. The highest BCUT2D eigenvalue weighted by Crippen LogP contribution is 2.50. The molecule has 4 rings (SSSR count). The highest BCUT2D eigenvalue weighted by molar-refractivity contribution is 5.83. The number of carbonyl (C=O) groups excluding carboxylic acids is 1. The van der Waals surface area contributed by atoms with Crippen molar-refractivity contribution in [1.82, 2.24) is 15.1 Å². The minimum atomic E-state index is 0.119. The quantitative estimate of drug-likeness (QED) is 0.926. The van der Waals surface area contributed by atoms with E-state index in [2.05, 4.69) is 33.3 Å². The molecule has 1 unspecified atom stereocenters. The van der Waals surface area contributed by atoms with Crippen LogP contribution in [0.1, 0.15) is 54.6 Å². The SMILES string of the molecule is COc1ccc([C@@H]2C[C@H]2C(=O)N2CCCCC2c2cc(C)[nH]n2)cc1. The van der Waals surface area contributed by atoms with Crippen LogP contribution in [0.4, 0.5) is 0 Å². The summed E-state index contributed by atoms with van der Waals surface area (Å²) in [6.45, 7) is 2.85. The van der Waals surface area contributed by atoms with Gasteiger partial charge in [0.1, 0.15) is 5.75 Å². The number of likely N-dealkylation sites (tertiary alicyclic amines) is 1. The number of hydrogen-bond acceptors (Lipinski definition) is 3. The summed E-state index contributed by atoms with van der Waals surface area (Å²) in [5.41, 5.74) is 3.30. The standard InChI is InChI=1S/C20H25N3O2/c1-13-11-18(22-21-13)19-5-3-4-10-23(19)20(24)17-12-16(17)14-6-8-15(25-2)9-7-14/h6-9,11,16-17,19H,3-5,10,12H2,1-2H3,(H,21,22)/t16-,17+,19?/m0/s1. The van der Waals surface area contributed by atoms with Gasteiger partial charge >= 0.3 is 0 Å². The molecule has 2 aliphatic rings. The van der Waals surface area contributed by atoms with Gasteiger partial charge in [-0.05, 0) is 62.3 Å². The molecule has 0 radical (unpaired) electrons. The van der Waals surface area contributed by atoms with Gasteiger partial charge in [-0.1, -0.05) is 12.1 Å². The number of carbonyl (C=O) groups is 1. The van der Waals surface area contributed by atoms with Crippen molar-refractivity contribution in [2.24, 2.45) is 5.92 Å². The largest absolute Gasteiger partial charge is 0.497 e. The summed E-state index contributed by atoms with van der Waals surface area (Å²) in [4.78, 5) is 15.2. The Bertz CT molecular complexity index is 753. The van der Waals surface area contributed by atoms with Crippen molar-refractivity contribution in [2.45, 2.75) is 44.6 Å². The van der Waals surface area contributed by atoms with E-state index in [4.69, 9.17) is 4.74 Å². The highest BCUT2D eigenvalue weighted by atomic mass is 16.5. The zero-order chi connectivity index (χ0) is 17.4. The predicted molar refractivity (Wildman–Crippen MR) is 95.5 cm³/mol. The topological polar surface area (TPSA) is 58.2 Å². The maximum Gasteiger partial charge on any atom is 0.226 e. The van der Waals surface area contributed by atoms with Crippen LogP contribution in [-0.4, -0.2) is 34.7 Å². The summed E-state index contributed by atoms with van der Waals surface area (Å²) in [7, 11) is 1.67. The number of amides is 1. The molecule has 1 aliphatic heterocycles. The molecule has 5 nitrogen and oxygen atoms in total. The van der Waals surface area contributed by atoms with Gasteiger partial charge in [0.2, 0.25) is 5.91 Å². The average Bonchev–Trinajstić information content (AvgIpc) is 3.34. The number of aromatic amines is 1. The molecule has 25 heavy (non-hydrogen) atoms. The fourth-order valence-electron chi connectivity index (χ4n) is 4.01. The van der Waals surface area contributed by atoms with Crippen molar-refractivity contribution in [1.29, 1.82) is 0 Å². The third kappa shape index (κ3) is 3.15. The van der Waals surface area contributed by atoms with Gasteiger partial charge in [0.05, 0.1) is 18.8 Å². The normalized spacial score (nSPS) is 25.7. The molecule has 132 valence electrons. The monoisotopic (exact) mass is 339 g/mol. The maximum absolute atomic E-state index is 13.1. The van der Waals surface area contributed by atoms with Gasteiger partial charge in [0.15, 0.2) is 0 Å². The highest BCUT2D eigenvalue weighted by Gasteiger charge is 2.47. The Labute approximate surface area is 148 Å². The van der Waals surface area contributed by atoms with Crippen LogP contribution in [0.3, 0.4) is 0 Å². The molecule has 0 bridgehead atoms. The molecule has 2 fully saturated rings. The van der Waals surface area contributed by atoms with Gasteiger partial charge in [0, 0.05) is 18.2 Å². The summed E-state index contributed by atoms with van der Waals surface area (Å²) < 4.78 is 5.22. The first-order chi connectivity index (χ1) is 12.2. The summed E-state index contributed by atoms with van der Waals surface area (Å²) in [5.74, 6) is 1.62. The average molecular weight is 339 g/mol. The van der Waals surface area contributed by atoms with Crippen molar-refractivity contribution in [3.63, 3.8) is 0 Å². The lowest BCUT2D eigenvalue weighted by Crippen LogP contribution is -2.39. The summed E-state index contributed by atoms with van der Waals surface area (Å²) >= 11 is 0. The zero-order valence-corrected chi connectivity index (χ0v) is 14.9. The Morgan fingerprint density at radius 2 is 2.08 bits per heavy atom. The number of H-pyrrole nitrogens is 1. The molecule has 1 amide bonds. The molecule has 1 aliphatic carbocycles. The smallest absolute Gasteiger partial charge is 0.226 e. The first kappa shape index (κ1) is 16.2. The minimum Gasteiger partial charge on any atom is -0.497 e. The van der Waals surface area contributed by atoms with Crippen LogP contribution in [0.2, 0.25) is 0 Å². The fourth-order valence-corrected chi connectivity index (χ4v) is 4.01. The predicted octanol–water partition coefficient (Wildman–Crippen LogP) is 3.58. The van der Waals surface area contributed by atoms with Crippen molar-refractivity contribution < 1.29 is 9.53 Å². The number of nitrogens with zero attached hydrogens (tertiary/aromatic N) is 2. The van der Waals surface area contributed by atoms with Crippen LogP contribution in [0.25, 0.3) is 0 Å². The van der Waals surface area contributed by atoms with E-state index in [0.717, 1.165) is 49.4 Å². The lowest BCUT2D eigenvalue weighted by molar-refractivity contribution is -0.136. The van der Waals surface area contributed by atoms with Gasteiger partial charge in [-0.3, -0.25) is 9.89 Å². The molecule has 1 saturated carbocycles. The molecule has 1 aromatic carbocycles. The Morgan fingerprint density at radius 3 is 2.76 bits per heavy atom. The van der Waals surface area contributed by atoms with E-state index in [9.17, 15) is 4.79 Å². The second-order valence-corrected chi connectivity index (χ2v) is 7.24. The number of piperidine rings is 1. The number of benzene rings is 1. The summed E-state index contributed by atoms with van der Waals surface area (Å²) in [6, 6.07) is 10.3. The molecule has 0 spiro atoms. The van der Waals surface area contributed by atoms with Gasteiger partial charge in [-0.25, -0.2) is 0 Å². The van der Waals surface area contributed by atoms with E-state index < -0.39 is 0 Å². The van der Waals surface area contributed by atoms with Crippen LogP contribution in [0.15, 0.2) is 30.3 Å². The molecule has 5 heteroatoms. The Hall–Kier alpha value is -2.30. The minimum absolute atomic E-state index is 0.119. The third-order valence-electron chi connectivity index (χ3n) is 5.50. The van der Waals surface area contributed by atoms with Gasteiger partial charge in [-0.2, -0.15) is 5.10 Å². The van der Waals surface area contributed by atoms with Gasteiger partial charge < -0.3 is 9.64 Å². The summed E-state index contributed by atoms with van der Waals surface area (Å²) in [5, 5.41) is 7.43. The van der Waals surface area contributed by atoms with Crippen LogP contribution >= 0.6 is 0 Å². The number of aromatic nitrogens is 2. The number of methoxy groups -OCH3 is 1. The molecule has 1 aromatic heterocycles. The number of nitrogens with one attached hydrogen (secondary N) is 1. The second kappa shape index (κ2) is 6.54. The van der Waals surface area contributed by atoms with Crippen LogP contribution < -0.4 is 4.74 Å². The lowest BCUT2D eigenvalue weighted by Gasteiger charge is -2.35. The maximum atomic E-state index is 13.1. The molecule has 2 aromatic rings. The van der Waals surface area contributed by atoms with Crippen molar-refractivity contribution >= 4 is 5.91 Å². The van der Waals surface area contributed by atoms with Crippen LogP contribution in [0.5, 0.6) is 5.75 Å². The Kier molecular flexibility index (Phi) is 4.24. The van der Waals surface area contributed by atoms with E-state index in [1.54, 1.807) is 7.11 Å². The number of rotatable bonds is 4. The molecule has 1 saturated heterocycles. The first-order valence-corrected chi connectivity index (χ1v) is 9.13. The lowest BCUT2D eigenvalue weighted by atomic mass is 9.98. The molecular weight excluding hydrogens is 314 g/mol. The number of ether oxygens (including phenoxy) is 1. The molecule has 2 heterocycles. The van der Waals surface area contributed by atoms with Crippen LogP contribution in [-0.2, 0) is 4.79 Å².